The van der Waals surface area contributed by atoms with Gasteiger partial charge in [-0.3, -0.25) is 10.1 Å². The van der Waals surface area contributed by atoms with E-state index in [1.807, 2.05) is 13.1 Å². The smallest absolute Gasteiger partial charge is 0.311 e. The fraction of sp³-hybridized carbons (Fsp3) is 0.143. The van der Waals surface area contributed by atoms with Gasteiger partial charge in [-0.2, -0.15) is 0 Å². The fourth-order valence-electron chi connectivity index (χ4n) is 1.75. The van der Waals surface area contributed by atoms with Gasteiger partial charge in [0, 0.05) is 17.6 Å². The molecule has 0 aliphatic carbocycles. The van der Waals surface area contributed by atoms with Crippen LogP contribution in [0.1, 0.15) is 5.56 Å². The molecule has 0 spiro atoms. The molecule has 0 heterocycles. The van der Waals surface area contributed by atoms with Crippen molar-refractivity contribution in [3.63, 3.8) is 0 Å². The molecule has 6 heteroatoms. The molecule has 2 aromatic rings. The molecule has 0 aliphatic heterocycles. The number of nitrogens with zero attached hydrogens (tertiary/aromatic N) is 1. The van der Waals surface area contributed by atoms with E-state index in [1.165, 1.54) is 6.07 Å². The van der Waals surface area contributed by atoms with Gasteiger partial charge in [-0.05, 0) is 30.8 Å². The maximum atomic E-state index is 10.9. The lowest BCUT2D eigenvalue weighted by Crippen LogP contribution is -2.05. The van der Waals surface area contributed by atoms with Crippen molar-refractivity contribution >= 4 is 17.3 Å². The average molecular weight is 293 g/mol. The Kier molecular flexibility index (Phi) is 4.55. The molecular formula is C14H13ClN2O3. The minimum Gasteiger partial charge on any atom is -0.450 e. The van der Waals surface area contributed by atoms with Crippen molar-refractivity contribution < 1.29 is 9.66 Å². The van der Waals surface area contributed by atoms with Gasteiger partial charge in [-0.15, -0.1) is 0 Å². The monoisotopic (exact) mass is 292 g/mol. The summed E-state index contributed by atoms with van der Waals surface area (Å²) in [5.74, 6) is 0.652. The van der Waals surface area contributed by atoms with Crippen LogP contribution in [0, 0.1) is 10.1 Å². The maximum absolute atomic E-state index is 10.9. The topological polar surface area (TPSA) is 64.4 Å². The van der Waals surface area contributed by atoms with E-state index in [0.717, 1.165) is 5.56 Å². The first-order chi connectivity index (χ1) is 9.61. The van der Waals surface area contributed by atoms with E-state index in [9.17, 15) is 10.1 Å². The largest absolute Gasteiger partial charge is 0.450 e. The van der Waals surface area contributed by atoms with E-state index in [0.29, 0.717) is 17.3 Å². The summed E-state index contributed by atoms with van der Waals surface area (Å²) in [6.07, 6.45) is 0. The molecule has 0 saturated carbocycles. The summed E-state index contributed by atoms with van der Waals surface area (Å²) in [7, 11) is 1.83. The average Bonchev–Trinajstić information content (AvgIpc) is 2.42. The van der Waals surface area contributed by atoms with E-state index in [1.54, 1.807) is 30.3 Å². The zero-order chi connectivity index (χ0) is 14.5. The van der Waals surface area contributed by atoms with E-state index in [2.05, 4.69) is 5.32 Å². The second kappa shape index (κ2) is 6.36. The first kappa shape index (κ1) is 14.3. The van der Waals surface area contributed by atoms with Gasteiger partial charge in [-0.1, -0.05) is 29.8 Å². The Morgan fingerprint density at radius 1 is 1.30 bits per heavy atom. The Hall–Kier alpha value is -2.11. The van der Waals surface area contributed by atoms with Crippen molar-refractivity contribution in [2.24, 2.45) is 0 Å². The minimum absolute atomic E-state index is 0.0806. The standard InChI is InChI=1S/C14H13ClN2O3/c1-16-9-10-6-7-11(8-12(10)15)20-14-5-3-2-4-13(14)17(18)19/h2-8,16H,9H2,1H3. The normalized spacial score (nSPS) is 10.3. The number of ether oxygens (including phenoxy) is 1. The van der Waals surface area contributed by atoms with Gasteiger partial charge in [0.15, 0.2) is 0 Å². The number of nitro groups is 1. The van der Waals surface area contributed by atoms with E-state index in [4.69, 9.17) is 16.3 Å². The fourth-order valence-corrected chi connectivity index (χ4v) is 1.98. The second-order valence-corrected chi connectivity index (χ2v) is 4.52. The molecule has 0 amide bonds. The van der Waals surface area contributed by atoms with Crippen molar-refractivity contribution in [1.29, 1.82) is 0 Å². The lowest BCUT2D eigenvalue weighted by molar-refractivity contribution is -0.385. The molecule has 0 unspecified atom stereocenters. The first-order valence-electron chi connectivity index (χ1n) is 5.96. The Balaban J connectivity index is 2.27. The second-order valence-electron chi connectivity index (χ2n) is 4.11. The van der Waals surface area contributed by atoms with Gasteiger partial charge in [0.25, 0.3) is 0 Å². The molecule has 0 fully saturated rings. The number of rotatable bonds is 5. The summed E-state index contributed by atoms with van der Waals surface area (Å²) in [5, 5.41) is 14.5. The highest BCUT2D eigenvalue weighted by Gasteiger charge is 2.14. The molecule has 0 radical (unpaired) electrons. The summed E-state index contributed by atoms with van der Waals surface area (Å²) in [5.41, 5.74) is 0.854. The van der Waals surface area contributed by atoms with Gasteiger partial charge < -0.3 is 10.1 Å². The number of hydrogen-bond acceptors (Lipinski definition) is 4. The third-order valence-electron chi connectivity index (χ3n) is 2.68. The van der Waals surface area contributed by atoms with Crippen LogP contribution in [-0.4, -0.2) is 12.0 Å². The number of nitrogens with one attached hydrogen (secondary N) is 1. The SMILES string of the molecule is CNCc1ccc(Oc2ccccc2[N+](=O)[O-])cc1Cl. The number of halogens is 1. The summed E-state index contributed by atoms with van der Waals surface area (Å²) in [6.45, 7) is 0.643. The summed E-state index contributed by atoms with van der Waals surface area (Å²) in [4.78, 5) is 10.4. The van der Waals surface area contributed by atoms with Crippen LogP contribution in [0.3, 0.4) is 0 Å². The van der Waals surface area contributed by atoms with E-state index in [-0.39, 0.29) is 11.4 Å². The van der Waals surface area contributed by atoms with Gasteiger partial charge in [0.2, 0.25) is 5.75 Å². The number of benzene rings is 2. The number of nitro benzene ring substituents is 1. The van der Waals surface area contributed by atoms with Crippen molar-refractivity contribution in [3.8, 4) is 11.5 Å². The molecule has 0 aliphatic rings. The number of para-hydroxylation sites is 2. The van der Waals surface area contributed by atoms with Crippen molar-refractivity contribution in [2.75, 3.05) is 7.05 Å². The Labute approximate surface area is 121 Å². The van der Waals surface area contributed by atoms with Gasteiger partial charge in [-0.25, -0.2) is 0 Å². The third kappa shape index (κ3) is 3.26. The van der Waals surface area contributed by atoms with Gasteiger partial charge >= 0.3 is 5.69 Å². The molecule has 2 rings (SSSR count). The molecular weight excluding hydrogens is 280 g/mol. The molecule has 0 bridgehead atoms. The minimum atomic E-state index is -0.480. The van der Waals surface area contributed by atoms with Crippen LogP contribution in [0.4, 0.5) is 5.69 Å². The summed E-state index contributed by atoms with van der Waals surface area (Å²) < 4.78 is 5.54. The van der Waals surface area contributed by atoms with Crippen molar-refractivity contribution in [2.45, 2.75) is 6.54 Å². The lowest BCUT2D eigenvalue weighted by Gasteiger charge is -2.09. The predicted octanol–water partition coefficient (Wildman–Crippen LogP) is 3.76. The highest BCUT2D eigenvalue weighted by Crippen LogP contribution is 2.32. The van der Waals surface area contributed by atoms with Crippen LogP contribution in [-0.2, 0) is 6.54 Å². The Morgan fingerprint density at radius 3 is 2.70 bits per heavy atom. The molecule has 5 nitrogen and oxygen atoms in total. The molecule has 1 N–H and O–H groups in total. The number of hydrogen-bond donors (Lipinski definition) is 1. The highest BCUT2D eigenvalue weighted by atomic mass is 35.5. The van der Waals surface area contributed by atoms with Gasteiger partial charge in [0.05, 0.1) is 4.92 Å². The van der Waals surface area contributed by atoms with Crippen LogP contribution in [0.2, 0.25) is 5.02 Å². The lowest BCUT2D eigenvalue weighted by atomic mass is 10.2. The summed E-state index contributed by atoms with van der Waals surface area (Å²) in [6, 6.07) is 11.4. The maximum Gasteiger partial charge on any atom is 0.311 e. The summed E-state index contributed by atoms with van der Waals surface area (Å²) >= 11 is 6.12. The van der Waals surface area contributed by atoms with E-state index < -0.39 is 4.92 Å². The van der Waals surface area contributed by atoms with Crippen LogP contribution < -0.4 is 10.1 Å². The Morgan fingerprint density at radius 2 is 2.05 bits per heavy atom. The molecule has 2 aromatic carbocycles. The van der Waals surface area contributed by atoms with Crippen LogP contribution in [0.15, 0.2) is 42.5 Å². The van der Waals surface area contributed by atoms with Crippen molar-refractivity contribution in [3.05, 3.63) is 63.2 Å². The predicted molar refractivity (Wildman–Crippen MR) is 77.4 cm³/mol. The Bertz CT molecular complexity index is 632. The molecule has 20 heavy (non-hydrogen) atoms. The third-order valence-corrected chi connectivity index (χ3v) is 3.03. The molecule has 0 saturated heterocycles. The zero-order valence-electron chi connectivity index (χ0n) is 10.8. The molecule has 0 aromatic heterocycles. The van der Waals surface area contributed by atoms with Crippen molar-refractivity contribution in [1.82, 2.24) is 5.32 Å². The molecule has 0 atom stereocenters. The first-order valence-corrected chi connectivity index (χ1v) is 6.34. The molecule has 104 valence electrons. The van der Waals surface area contributed by atoms with Crippen LogP contribution in [0.25, 0.3) is 0 Å². The van der Waals surface area contributed by atoms with E-state index >= 15 is 0 Å². The van der Waals surface area contributed by atoms with Gasteiger partial charge in [0.1, 0.15) is 5.75 Å². The highest BCUT2D eigenvalue weighted by molar-refractivity contribution is 6.31. The van der Waals surface area contributed by atoms with Crippen LogP contribution >= 0.6 is 11.6 Å². The quantitative estimate of drug-likeness (QED) is 0.673. The van der Waals surface area contributed by atoms with Crippen LogP contribution in [0.5, 0.6) is 11.5 Å². The zero-order valence-corrected chi connectivity index (χ0v) is 11.6.